The molecule has 5 heteroatoms. The molecule has 1 aromatic carbocycles. The van der Waals surface area contributed by atoms with E-state index in [0.29, 0.717) is 17.9 Å². The van der Waals surface area contributed by atoms with Gasteiger partial charge in [0.1, 0.15) is 11.4 Å². The standard InChI is InChI=1S/C24H27NO3S/c1-5-24(6-2)12-13-28-21-15-22(29-4)17(14-20(21)24)8-10-19-11-9-18(16-25-19)23(26)27-7-3/h9,11,14-16H,5-7,12-13H2,1-4H3. The van der Waals surface area contributed by atoms with E-state index >= 15 is 0 Å². The zero-order chi connectivity index (χ0) is 20.9. The fraction of sp³-hybridized carbons (Fsp3) is 0.417. The van der Waals surface area contributed by atoms with Crippen molar-refractivity contribution in [3.05, 3.63) is 52.8 Å². The number of aromatic nitrogens is 1. The number of rotatable bonds is 5. The van der Waals surface area contributed by atoms with E-state index in [1.807, 2.05) is 0 Å². The number of fused-ring (bicyclic) bond motifs is 1. The van der Waals surface area contributed by atoms with Crippen molar-refractivity contribution >= 4 is 17.7 Å². The van der Waals surface area contributed by atoms with Crippen LogP contribution in [0.4, 0.5) is 0 Å². The minimum absolute atomic E-state index is 0.153. The summed E-state index contributed by atoms with van der Waals surface area (Å²) in [5.41, 5.74) is 3.46. The lowest BCUT2D eigenvalue weighted by Crippen LogP contribution is -2.31. The topological polar surface area (TPSA) is 48.4 Å². The Bertz CT molecular complexity index is 937. The third-order valence-electron chi connectivity index (χ3n) is 5.66. The lowest BCUT2D eigenvalue weighted by atomic mass is 9.71. The van der Waals surface area contributed by atoms with Crippen LogP contribution >= 0.6 is 11.8 Å². The number of hydrogen-bond acceptors (Lipinski definition) is 5. The largest absolute Gasteiger partial charge is 0.493 e. The van der Waals surface area contributed by atoms with Gasteiger partial charge in [-0.3, -0.25) is 0 Å². The zero-order valence-electron chi connectivity index (χ0n) is 17.5. The van der Waals surface area contributed by atoms with E-state index in [1.54, 1.807) is 30.8 Å². The SMILES string of the molecule is CCOC(=O)c1ccc(C#Cc2cc3c(cc2SC)OCCC3(CC)CC)nc1. The van der Waals surface area contributed by atoms with Gasteiger partial charge in [0.2, 0.25) is 0 Å². The molecule has 4 nitrogen and oxygen atoms in total. The van der Waals surface area contributed by atoms with Crippen molar-refractivity contribution in [1.82, 2.24) is 4.98 Å². The highest BCUT2D eigenvalue weighted by molar-refractivity contribution is 7.98. The molecule has 3 rings (SSSR count). The Morgan fingerprint density at radius 1 is 1.24 bits per heavy atom. The van der Waals surface area contributed by atoms with Gasteiger partial charge < -0.3 is 9.47 Å². The summed E-state index contributed by atoms with van der Waals surface area (Å²) in [5, 5.41) is 0. The maximum absolute atomic E-state index is 11.8. The average Bonchev–Trinajstić information content (AvgIpc) is 2.77. The van der Waals surface area contributed by atoms with E-state index in [9.17, 15) is 4.79 Å². The number of benzene rings is 1. The second-order valence-electron chi connectivity index (χ2n) is 7.04. The molecule has 1 aromatic heterocycles. The van der Waals surface area contributed by atoms with Crippen LogP contribution in [0.3, 0.4) is 0 Å². The molecule has 0 amide bonds. The molecule has 1 aliphatic rings. The van der Waals surface area contributed by atoms with Crippen molar-refractivity contribution in [1.29, 1.82) is 0 Å². The van der Waals surface area contributed by atoms with E-state index in [0.717, 1.165) is 42.1 Å². The Hall–Kier alpha value is -2.45. The summed E-state index contributed by atoms with van der Waals surface area (Å²) in [6.45, 7) is 7.40. The van der Waals surface area contributed by atoms with E-state index in [1.165, 1.54) is 11.8 Å². The molecule has 152 valence electrons. The van der Waals surface area contributed by atoms with Gasteiger partial charge in [0.05, 0.1) is 18.8 Å². The Morgan fingerprint density at radius 3 is 2.66 bits per heavy atom. The minimum Gasteiger partial charge on any atom is -0.493 e. The van der Waals surface area contributed by atoms with Crippen molar-refractivity contribution in [3.63, 3.8) is 0 Å². The van der Waals surface area contributed by atoms with Crippen molar-refractivity contribution in [2.45, 2.75) is 50.3 Å². The summed E-state index contributed by atoms with van der Waals surface area (Å²) in [7, 11) is 0. The van der Waals surface area contributed by atoms with E-state index in [2.05, 4.69) is 49.1 Å². The summed E-state index contributed by atoms with van der Waals surface area (Å²) in [5.74, 6) is 7.05. The third kappa shape index (κ3) is 4.43. The number of hydrogen-bond donors (Lipinski definition) is 0. The van der Waals surface area contributed by atoms with Gasteiger partial charge >= 0.3 is 5.97 Å². The first-order chi connectivity index (χ1) is 14.1. The van der Waals surface area contributed by atoms with Crippen molar-refractivity contribution < 1.29 is 14.3 Å². The second-order valence-corrected chi connectivity index (χ2v) is 7.89. The molecule has 29 heavy (non-hydrogen) atoms. The predicted molar refractivity (Wildman–Crippen MR) is 117 cm³/mol. The highest BCUT2D eigenvalue weighted by Crippen LogP contribution is 2.45. The average molecular weight is 410 g/mol. The number of pyridine rings is 1. The normalized spacial score (nSPS) is 14.2. The summed E-state index contributed by atoms with van der Waals surface area (Å²) >= 11 is 1.67. The maximum atomic E-state index is 11.8. The first-order valence-electron chi connectivity index (χ1n) is 10.1. The van der Waals surface area contributed by atoms with Gasteiger partial charge in [-0.25, -0.2) is 9.78 Å². The minimum atomic E-state index is -0.366. The monoisotopic (exact) mass is 409 g/mol. The molecule has 2 aromatic rings. The molecule has 2 heterocycles. The van der Waals surface area contributed by atoms with E-state index in [4.69, 9.17) is 9.47 Å². The van der Waals surface area contributed by atoms with Gasteiger partial charge in [-0.05, 0) is 62.6 Å². The maximum Gasteiger partial charge on any atom is 0.339 e. The molecule has 0 fully saturated rings. The van der Waals surface area contributed by atoms with E-state index < -0.39 is 0 Å². The van der Waals surface area contributed by atoms with Crippen molar-refractivity contribution in [3.8, 4) is 17.6 Å². The van der Waals surface area contributed by atoms with Crippen LogP contribution in [0.1, 0.15) is 67.2 Å². The molecule has 0 spiro atoms. The molecule has 0 bridgehead atoms. The van der Waals surface area contributed by atoms with E-state index in [-0.39, 0.29) is 11.4 Å². The summed E-state index contributed by atoms with van der Waals surface area (Å²) in [4.78, 5) is 17.2. The van der Waals surface area contributed by atoms with Gasteiger partial charge in [-0.15, -0.1) is 11.8 Å². The van der Waals surface area contributed by atoms with Crippen LogP contribution < -0.4 is 4.74 Å². The third-order valence-corrected chi connectivity index (χ3v) is 6.44. The van der Waals surface area contributed by atoms with Crippen LogP contribution in [-0.4, -0.2) is 30.4 Å². The van der Waals surface area contributed by atoms with Gasteiger partial charge in [-0.2, -0.15) is 0 Å². The van der Waals surface area contributed by atoms with Crippen LogP contribution in [-0.2, 0) is 10.2 Å². The van der Waals surface area contributed by atoms with Crippen LogP contribution in [0.25, 0.3) is 0 Å². The van der Waals surface area contributed by atoms with Crippen molar-refractivity contribution in [2.24, 2.45) is 0 Å². The Kier molecular flexibility index (Phi) is 6.87. The van der Waals surface area contributed by atoms with Crippen LogP contribution in [0.2, 0.25) is 0 Å². The quantitative estimate of drug-likeness (QED) is 0.385. The van der Waals surface area contributed by atoms with Crippen molar-refractivity contribution in [2.75, 3.05) is 19.5 Å². The van der Waals surface area contributed by atoms with Gasteiger partial charge in [0.25, 0.3) is 0 Å². The highest BCUT2D eigenvalue weighted by Gasteiger charge is 2.35. The summed E-state index contributed by atoms with van der Waals surface area (Å²) < 4.78 is 11.0. The summed E-state index contributed by atoms with van der Waals surface area (Å²) in [6.07, 6.45) is 6.77. The molecule has 1 aliphatic heterocycles. The first-order valence-corrected chi connectivity index (χ1v) is 11.3. The molecule has 0 N–H and O–H groups in total. The van der Waals surface area contributed by atoms with Crippen LogP contribution in [0.15, 0.2) is 35.4 Å². The molecular formula is C24H27NO3S. The van der Waals surface area contributed by atoms with Gasteiger partial charge in [0, 0.05) is 27.6 Å². The lowest BCUT2D eigenvalue weighted by molar-refractivity contribution is 0.0526. The van der Waals surface area contributed by atoms with Gasteiger partial charge in [-0.1, -0.05) is 19.8 Å². The first kappa shape index (κ1) is 21.3. The number of thioether (sulfide) groups is 1. The molecule has 0 radical (unpaired) electrons. The fourth-order valence-electron chi connectivity index (χ4n) is 3.77. The molecule has 0 unspecified atom stereocenters. The Labute approximate surface area is 177 Å². The number of carbonyl (C=O) groups is 1. The summed E-state index contributed by atoms with van der Waals surface area (Å²) in [6, 6.07) is 7.78. The number of carbonyl (C=O) groups excluding carboxylic acids is 1. The lowest BCUT2D eigenvalue weighted by Gasteiger charge is -2.38. The molecule has 0 saturated heterocycles. The fourth-order valence-corrected chi connectivity index (χ4v) is 4.33. The molecule has 0 aliphatic carbocycles. The molecular weight excluding hydrogens is 382 g/mol. The number of nitrogens with zero attached hydrogens (tertiary/aromatic N) is 1. The number of ether oxygens (including phenoxy) is 2. The predicted octanol–water partition coefficient (Wildman–Crippen LogP) is 5.22. The van der Waals surface area contributed by atoms with Crippen LogP contribution in [0, 0.1) is 11.8 Å². The Morgan fingerprint density at radius 2 is 2.03 bits per heavy atom. The Balaban J connectivity index is 1.95. The second kappa shape index (κ2) is 9.37. The van der Waals surface area contributed by atoms with Gasteiger partial charge in [0.15, 0.2) is 0 Å². The highest BCUT2D eigenvalue weighted by atomic mass is 32.2. The molecule has 0 atom stereocenters. The molecule has 0 saturated carbocycles. The zero-order valence-corrected chi connectivity index (χ0v) is 18.3. The van der Waals surface area contributed by atoms with Crippen LogP contribution in [0.5, 0.6) is 5.75 Å². The number of esters is 1. The smallest absolute Gasteiger partial charge is 0.339 e.